The summed E-state index contributed by atoms with van der Waals surface area (Å²) in [5, 5.41) is 23.2. The van der Waals surface area contributed by atoms with Gasteiger partial charge in [-0.2, -0.15) is 36.5 Å². The van der Waals surface area contributed by atoms with Gasteiger partial charge in [-0.1, -0.05) is 158 Å². The summed E-state index contributed by atoms with van der Waals surface area (Å²) in [5.74, 6) is 0. The quantitative estimate of drug-likeness (QED) is 0.0360. The minimum atomic E-state index is -4.94. The smallest absolute Gasteiger partial charge is 0.273 e. The standard InChI is InChI=1S/2C28H28P2.2C9H6F3N3.2ClHO4.2Cu/c2*1-5-15-25(16-6-1)29(26-17-7-2-8-18-26)23-13-14-24-30(27-19-9-3-10-20-27)28-21-11-4-12-22-28;2*10-9(11,12)8-5-7(14-15-8)6-3-1-2-4-13-6;2*2-1(3,4)5;;/h2*1-12,15-22H,13-14,23-24H2;2*1-5H,(H,14,15);2*(H,2,3,4,5);;/q;;;;;;2*+1/p+2. The van der Waals surface area contributed by atoms with E-state index in [2.05, 4.69) is 263 Å². The molecule has 0 aliphatic rings. The maximum absolute atomic E-state index is 12.2. The largest absolute Gasteiger partial charge is 1.00 e. The Labute approximate surface area is 618 Å². The minimum Gasteiger partial charge on any atom is -0.273 e. The molecule has 0 spiro atoms. The number of aromatic amines is 2. The number of H-pyrrole nitrogens is 2. The van der Waals surface area contributed by atoms with E-state index in [1.165, 1.54) is 105 Å². The van der Waals surface area contributed by atoms with Crippen LogP contribution in [0.2, 0.25) is 0 Å². The molecule has 8 aromatic carbocycles. The molecular formula is C74H72Cl2Cu2F6N6O8P4+4. The van der Waals surface area contributed by atoms with E-state index in [4.69, 9.17) is 37.3 Å². The topological polar surface area (TPSA) is 268 Å². The predicted octanol–water partition coefficient (Wildman–Crippen LogP) is 6.46. The van der Waals surface area contributed by atoms with Gasteiger partial charge in [-0.05, 0) is 159 Å². The molecule has 0 saturated heterocycles. The second-order valence-corrected chi connectivity index (χ2v) is 33.7. The Morgan fingerprint density at radius 2 is 0.451 bits per heavy atom. The van der Waals surface area contributed by atoms with E-state index in [1.807, 2.05) is 10.2 Å². The third kappa shape index (κ3) is 32.0. The number of benzene rings is 8. The van der Waals surface area contributed by atoms with Crippen LogP contribution in [0.4, 0.5) is 26.3 Å². The van der Waals surface area contributed by atoms with Crippen molar-refractivity contribution in [3.05, 3.63) is 315 Å². The molecule has 0 bridgehead atoms. The van der Waals surface area contributed by atoms with Crippen molar-refractivity contribution in [2.45, 2.75) is 38.0 Å². The molecule has 0 unspecified atom stereocenters. The average Bonchev–Trinajstić information content (AvgIpc) is 1.64. The number of pyridine rings is 2. The molecule has 0 saturated carbocycles. The van der Waals surface area contributed by atoms with Crippen LogP contribution >= 0.6 is 31.7 Å². The Kier molecular flexibility index (Phi) is 37.5. The van der Waals surface area contributed by atoms with Crippen molar-refractivity contribution >= 4 is 74.1 Å². The van der Waals surface area contributed by atoms with Crippen molar-refractivity contribution in [1.29, 1.82) is 0 Å². The average molecular weight is 1610 g/mol. The van der Waals surface area contributed by atoms with Gasteiger partial charge in [-0.25, -0.2) is 37.3 Å². The maximum Gasteiger partial charge on any atom is 1.00 e. The van der Waals surface area contributed by atoms with E-state index in [1.54, 1.807) is 36.4 Å². The van der Waals surface area contributed by atoms with Gasteiger partial charge in [0.1, 0.15) is 22.8 Å². The van der Waals surface area contributed by atoms with Crippen LogP contribution in [0.25, 0.3) is 22.8 Å². The van der Waals surface area contributed by atoms with E-state index >= 15 is 0 Å². The van der Waals surface area contributed by atoms with Gasteiger partial charge in [0.15, 0.2) is 0 Å². The Hall–Kier alpha value is -6.92. The van der Waals surface area contributed by atoms with Gasteiger partial charge < -0.3 is 0 Å². The van der Waals surface area contributed by atoms with Gasteiger partial charge in [0.2, 0.25) is 0 Å². The van der Waals surface area contributed by atoms with Crippen molar-refractivity contribution < 1.29 is 118 Å². The molecule has 0 fully saturated rings. The summed E-state index contributed by atoms with van der Waals surface area (Å²) in [7, 11) is -12.7. The fourth-order valence-electron chi connectivity index (χ4n) is 10.4. The van der Waals surface area contributed by atoms with Crippen molar-refractivity contribution in [1.82, 2.24) is 30.4 Å². The zero-order valence-electron chi connectivity index (χ0n) is 54.2. The van der Waals surface area contributed by atoms with Gasteiger partial charge in [0.05, 0.1) is 110 Å². The third-order valence-corrected chi connectivity index (χ3v) is 26.5. The summed E-state index contributed by atoms with van der Waals surface area (Å²) < 4.78 is 141. The number of nitrogens with one attached hydrogen (secondary N) is 2. The number of hydrogen-bond donors (Lipinski definition) is 2. The fraction of sp³-hybridized carbons (Fsp3) is 0.135. The first-order valence-electron chi connectivity index (χ1n) is 31.2. The zero-order valence-corrected chi connectivity index (χ0v) is 61.6. The maximum atomic E-state index is 12.2. The van der Waals surface area contributed by atoms with E-state index in [-0.39, 0.29) is 45.5 Å². The number of aromatic nitrogens is 6. The molecule has 0 aliphatic carbocycles. The first-order valence-corrected chi connectivity index (χ1v) is 40.5. The van der Waals surface area contributed by atoms with Gasteiger partial charge >= 0.3 is 46.5 Å². The molecule has 102 heavy (non-hydrogen) atoms. The monoisotopic (exact) mass is 1610 g/mol. The molecule has 12 aromatic rings. The van der Waals surface area contributed by atoms with Crippen LogP contribution in [-0.4, -0.2) is 55.0 Å². The summed E-state index contributed by atoms with van der Waals surface area (Å²) in [4.78, 5) is 7.79. The van der Waals surface area contributed by atoms with E-state index in [0.717, 1.165) is 12.1 Å². The van der Waals surface area contributed by atoms with Gasteiger partial charge in [0, 0.05) is 12.4 Å². The molecule has 0 atom stereocenters. The summed E-state index contributed by atoms with van der Waals surface area (Å²) in [6.07, 6.45) is 4.59. The van der Waals surface area contributed by atoms with Crippen molar-refractivity contribution in [2.75, 3.05) is 24.6 Å². The zero-order chi connectivity index (χ0) is 71.6. The van der Waals surface area contributed by atoms with Crippen LogP contribution in [0.3, 0.4) is 0 Å². The number of halogens is 8. The first kappa shape index (κ1) is 85.7. The van der Waals surface area contributed by atoms with Gasteiger partial charge in [-0.15, -0.1) is 20.5 Å². The molecule has 2 N–H and O–H groups in total. The second-order valence-electron chi connectivity index (χ2n) is 21.8. The number of nitrogens with zero attached hydrogens (tertiary/aromatic N) is 4. The SMILES string of the molecule is FC(F)(F)c1cc(-c2ccccn2)n[nH]1.FC(F)(F)c1cc(-c2ccccn2)n[nH]1.[Cu+].[Cu+].[O-][Cl+3]([O-])([O-])[O-].[O-][Cl+3]([O-])([O-])[O-].c1ccc([PH+](CCCC[PH+](c2ccccc2)c2ccccc2)c2ccccc2)cc1.c1ccc([PH+](CCCC[PH+](c2ccccc2)c2ccccc2)c2ccccc2)cc1. The molecule has 0 amide bonds. The predicted molar refractivity (Wildman–Crippen MR) is 373 cm³/mol. The van der Waals surface area contributed by atoms with Crippen molar-refractivity contribution in [3.63, 3.8) is 0 Å². The van der Waals surface area contributed by atoms with Crippen LogP contribution in [0, 0.1) is 20.5 Å². The summed E-state index contributed by atoms with van der Waals surface area (Å²) >= 11 is 0. The molecule has 12 rings (SSSR count). The third-order valence-electron chi connectivity index (χ3n) is 14.8. The number of hydrogen-bond acceptors (Lipinski definition) is 12. The van der Waals surface area contributed by atoms with Crippen LogP contribution in [0.1, 0.15) is 37.1 Å². The molecule has 4 heterocycles. The molecule has 0 radical (unpaired) electrons. The van der Waals surface area contributed by atoms with Gasteiger partial charge in [-0.3, -0.25) is 20.2 Å². The summed E-state index contributed by atoms with van der Waals surface area (Å²) in [6.45, 7) is 0. The van der Waals surface area contributed by atoms with Gasteiger partial charge in [0.25, 0.3) is 0 Å². The number of unbranched alkanes of at least 4 members (excludes halogenated alkanes) is 2. The summed E-state index contributed by atoms with van der Waals surface area (Å²) in [5.41, 5.74) is -0.564. The fourth-order valence-corrected chi connectivity index (χ4v) is 21.2. The van der Waals surface area contributed by atoms with E-state index in [9.17, 15) is 26.3 Å². The van der Waals surface area contributed by atoms with Crippen molar-refractivity contribution in [3.8, 4) is 22.8 Å². The number of alkyl halides is 6. The van der Waals surface area contributed by atoms with E-state index < -0.39 is 75.9 Å². The molecule has 540 valence electrons. The molecule has 4 aromatic heterocycles. The van der Waals surface area contributed by atoms with Crippen LogP contribution < -0.4 is 79.7 Å². The van der Waals surface area contributed by atoms with Crippen LogP contribution in [-0.2, 0) is 46.5 Å². The Bertz CT molecular complexity index is 3550. The second kappa shape index (κ2) is 44.7. The number of rotatable bonds is 20. The van der Waals surface area contributed by atoms with Crippen molar-refractivity contribution in [2.24, 2.45) is 0 Å². The van der Waals surface area contributed by atoms with Crippen LogP contribution in [0.5, 0.6) is 0 Å². The molecule has 28 heteroatoms. The first-order chi connectivity index (χ1) is 48.0. The minimum absolute atomic E-state index is 0. The molecule has 14 nitrogen and oxygen atoms in total. The molecular weight excluding hydrogens is 1540 g/mol. The van der Waals surface area contributed by atoms with Crippen LogP contribution in [0.15, 0.2) is 304 Å². The Morgan fingerprint density at radius 3 is 0.598 bits per heavy atom. The Balaban J connectivity index is 0.000000241. The summed E-state index contributed by atoms with van der Waals surface area (Å²) in [6, 6.07) is 101. The normalized spacial score (nSPS) is 11.2. The van der Waals surface area contributed by atoms with E-state index in [0.29, 0.717) is 11.4 Å². The molecule has 0 aliphatic heterocycles. The Morgan fingerprint density at radius 1 is 0.275 bits per heavy atom.